The normalized spacial score (nSPS) is 22.5. The highest BCUT2D eigenvalue weighted by molar-refractivity contribution is 5.43. The predicted octanol–water partition coefficient (Wildman–Crippen LogP) is 0.293. The summed E-state index contributed by atoms with van der Waals surface area (Å²) in [6, 6.07) is 0. The lowest BCUT2D eigenvalue weighted by molar-refractivity contribution is -0.0618. The molecule has 0 saturated carbocycles. The first kappa shape index (κ1) is 20.0. The minimum absolute atomic E-state index is 0.0833. The molecule has 1 fully saturated rings. The SMILES string of the molecule is C=CCO.C=Cc1cn(C2CC(OC)C(COC)O2)c(=O)[nH]c1=O. The number of hydrogen-bond acceptors (Lipinski definition) is 6. The molecule has 3 atom stereocenters. The van der Waals surface area contributed by atoms with Crippen molar-refractivity contribution >= 4 is 6.08 Å². The van der Waals surface area contributed by atoms with Gasteiger partial charge in [-0.3, -0.25) is 14.3 Å². The van der Waals surface area contributed by atoms with E-state index in [4.69, 9.17) is 19.3 Å². The van der Waals surface area contributed by atoms with E-state index >= 15 is 0 Å². The van der Waals surface area contributed by atoms with Crippen LogP contribution in [0.15, 0.2) is 35.0 Å². The van der Waals surface area contributed by atoms with Gasteiger partial charge in [-0.2, -0.15) is 0 Å². The Morgan fingerprint density at radius 3 is 2.62 bits per heavy atom. The summed E-state index contributed by atoms with van der Waals surface area (Å²) in [5.41, 5.74) is -0.660. The Kier molecular flexibility index (Phi) is 8.34. The molecule has 0 aromatic carbocycles. The molecule has 1 aromatic rings. The number of ether oxygens (including phenoxy) is 3. The van der Waals surface area contributed by atoms with Crippen LogP contribution in [0.4, 0.5) is 0 Å². The second kappa shape index (κ2) is 9.99. The van der Waals surface area contributed by atoms with Gasteiger partial charge in [-0.05, 0) is 0 Å². The minimum Gasteiger partial charge on any atom is -0.392 e. The van der Waals surface area contributed by atoms with Gasteiger partial charge in [-0.1, -0.05) is 18.7 Å². The number of aliphatic hydroxyl groups is 1. The Morgan fingerprint density at radius 2 is 2.12 bits per heavy atom. The smallest absolute Gasteiger partial charge is 0.330 e. The summed E-state index contributed by atoms with van der Waals surface area (Å²) >= 11 is 0. The molecule has 0 spiro atoms. The van der Waals surface area contributed by atoms with Crippen LogP contribution in [0.2, 0.25) is 0 Å². The molecule has 1 aliphatic rings. The number of aromatic nitrogens is 2. The molecule has 0 aliphatic carbocycles. The third-order valence-corrected chi connectivity index (χ3v) is 3.47. The maximum Gasteiger partial charge on any atom is 0.330 e. The van der Waals surface area contributed by atoms with Crippen molar-refractivity contribution in [3.8, 4) is 0 Å². The molecular weight excluding hydrogens is 316 g/mol. The number of aromatic amines is 1. The van der Waals surface area contributed by atoms with Crippen molar-refractivity contribution in [1.29, 1.82) is 0 Å². The number of nitrogens with zero attached hydrogens (tertiary/aromatic N) is 1. The summed E-state index contributed by atoms with van der Waals surface area (Å²) in [7, 11) is 3.16. The zero-order chi connectivity index (χ0) is 18.1. The van der Waals surface area contributed by atoms with Crippen LogP contribution in [0, 0.1) is 0 Å². The second-order valence-electron chi connectivity index (χ2n) is 5.02. The highest BCUT2D eigenvalue weighted by Crippen LogP contribution is 2.29. The average molecular weight is 340 g/mol. The van der Waals surface area contributed by atoms with Crippen LogP contribution >= 0.6 is 0 Å². The standard InChI is InChI=1S/C13H18N2O5.C3H6O/c1-4-8-6-15(13(17)14-12(8)16)11-5-9(19-3)10(20-11)7-18-2;1-2-3-4/h4,6,9-11H,1,5,7H2,2-3H3,(H,14,16,17);2,4H,1,3H2. The van der Waals surface area contributed by atoms with Gasteiger partial charge in [0.25, 0.3) is 5.56 Å². The first-order chi connectivity index (χ1) is 11.5. The van der Waals surface area contributed by atoms with E-state index in [1.54, 1.807) is 14.2 Å². The largest absolute Gasteiger partial charge is 0.392 e. The lowest BCUT2D eigenvalue weighted by atomic mass is 10.2. The van der Waals surface area contributed by atoms with Gasteiger partial charge in [-0.25, -0.2) is 4.79 Å². The molecule has 8 nitrogen and oxygen atoms in total. The first-order valence-corrected chi connectivity index (χ1v) is 7.39. The summed E-state index contributed by atoms with van der Waals surface area (Å²) in [5, 5.41) is 7.76. The Balaban J connectivity index is 0.000000648. The quantitative estimate of drug-likeness (QED) is 0.722. The van der Waals surface area contributed by atoms with E-state index in [2.05, 4.69) is 18.1 Å². The average Bonchev–Trinajstić information content (AvgIpc) is 2.98. The van der Waals surface area contributed by atoms with Crippen molar-refractivity contribution in [3.05, 3.63) is 51.8 Å². The lowest BCUT2D eigenvalue weighted by Crippen LogP contribution is -2.33. The highest BCUT2D eigenvalue weighted by atomic mass is 16.6. The molecule has 2 N–H and O–H groups in total. The lowest BCUT2D eigenvalue weighted by Gasteiger charge is -2.16. The van der Waals surface area contributed by atoms with Gasteiger partial charge < -0.3 is 19.3 Å². The summed E-state index contributed by atoms with van der Waals surface area (Å²) in [6.45, 7) is 7.23. The van der Waals surface area contributed by atoms with Crippen molar-refractivity contribution in [2.75, 3.05) is 27.4 Å². The number of H-pyrrole nitrogens is 1. The molecular formula is C16H24N2O6. The van der Waals surface area contributed by atoms with E-state index < -0.39 is 17.5 Å². The van der Waals surface area contributed by atoms with Crippen LogP contribution in [0.25, 0.3) is 6.08 Å². The van der Waals surface area contributed by atoms with Gasteiger partial charge >= 0.3 is 5.69 Å². The fraction of sp³-hybridized carbons (Fsp3) is 0.500. The van der Waals surface area contributed by atoms with E-state index in [1.165, 1.54) is 22.9 Å². The fourth-order valence-electron chi connectivity index (χ4n) is 2.29. The van der Waals surface area contributed by atoms with Gasteiger partial charge in [-0.15, -0.1) is 6.58 Å². The van der Waals surface area contributed by atoms with Crippen molar-refractivity contribution in [2.24, 2.45) is 0 Å². The molecule has 8 heteroatoms. The zero-order valence-corrected chi connectivity index (χ0v) is 13.9. The van der Waals surface area contributed by atoms with E-state index in [9.17, 15) is 9.59 Å². The molecule has 1 saturated heterocycles. The Bertz CT molecular complexity index is 651. The summed E-state index contributed by atoms with van der Waals surface area (Å²) in [6.07, 6.45) is 3.87. The van der Waals surface area contributed by atoms with E-state index in [-0.39, 0.29) is 18.8 Å². The van der Waals surface area contributed by atoms with E-state index in [0.717, 1.165) is 0 Å². The molecule has 0 amide bonds. The summed E-state index contributed by atoms with van der Waals surface area (Å²) < 4.78 is 17.5. The minimum atomic E-state index is -0.515. The van der Waals surface area contributed by atoms with Crippen LogP contribution < -0.4 is 11.2 Å². The van der Waals surface area contributed by atoms with Crippen molar-refractivity contribution in [1.82, 2.24) is 9.55 Å². The number of rotatable bonds is 6. The monoisotopic (exact) mass is 340 g/mol. The van der Waals surface area contributed by atoms with Crippen LogP contribution in [0.3, 0.4) is 0 Å². The van der Waals surface area contributed by atoms with Crippen molar-refractivity contribution in [3.63, 3.8) is 0 Å². The first-order valence-electron chi connectivity index (χ1n) is 7.39. The Morgan fingerprint density at radius 1 is 1.46 bits per heavy atom. The van der Waals surface area contributed by atoms with Gasteiger partial charge in [0, 0.05) is 26.8 Å². The Hall–Kier alpha value is -2.00. The van der Waals surface area contributed by atoms with Crippen molar-refractivity contribution in [2.45, 2.75) is 24.9 Å². The summed E-state index contributed by atoms with van der Waals surface area (Å²) in [5.74, 6) is 0. The molecule has 2 heterocycles. The van der Waals surface area contributed by atoms with Crippen LogP contribution in [-0.4, -0.2) is 54.3 Å². The second-order valence-corrected chi connectivity index (χ2v) is 5.02. The molecule has 1 aliphatic heterocycles. The van der Waals surface area contributed by atoms with Crippen LogP contribution in [-0.2, 0) is 14.2 Å². The molecule has 3 unspecified atom stereocenters. The molecule has 134 valence electrons. The summed E-state index contributed by atoms with van der Waals surface area (Å²) in [4.78, 5) is 25.6. The van der Waals surface area contributed by atoms with Gasteiger partial charge in [0.1, 0.15) is 12.3 Å². The third-order valence-electron chi connectivity index (χ3n) is 3.47. The van der Waals surface area contributed by atoms with E-state index in [1.807, 2.05) is 0 Å². The maximum atomic E-state index is 11.9. The third kappa shape index (κ3) is 5.00. The fourth-order valence-corrected chi connectivity index (χ4v) is 2.29. The predicted molar refractivity (Wildman–Crippen MR) is 89.9 cm³/mol. The van der Waals surface area contributed by atoms with Crippen molar-refractivity contribution < 1.29 is 19.3 Å². The number of aliphatic hydroxyl groups excluding tert-OH is 1. The van der Waals surface area contributed by atoms with Gasteiger partial charge in [0.2, 0.25) is 0 Å². The molecule has 1 aromatic heterocycles. The van der Waals surface area contributed by atoms with Gasteiger partial charge in [0.15, 0.2) is 0 Å². The zero-order valence-electron chi connectivity index (χ0n) is 13.9. The molecule has 2 rings (SSSR count). The molecule has 0 bridgehead atoms. The highest BCUT2D eigenvalue weighted by Gasteiger charge is 2.36. The molecule has 0 radical (unpaired) electrons. The number of methoxy groups -OCH3 is 2. The molecule has 24 heavy (non-hydrogen) atoms. The topological polar surface area (TPSA) is 103 Å². The van der Waals surface area contributed by atoms with Crippen LogP contribution in [0.5, 0.6) is 0 Å². The number of hydrogen-bond donors (Lipinski definition) is 2. The maximum absolute atomic E-state index is 11.9. The van der Waals surface area contributed by atoms with Gasteiger partial charge in [0.05, 0.1) is 24.9 Å². The number of nitrogens with one attached hydrogen (secondary N) is 1. The van der Waals surface area contributed by atoms with Crippen LogP contribution in [0.1, 0.15) is 18.2 Å². The van der Waals surface area contributed by atoms with E-state index in [0.29, 0.717) is 18.6 Å². The Labute approximate surface area is 140 Å².